The van der Waals surface area contributed by atoms with Crippen LogP contribution in [0.1, 0.15) is 18.4 Å². The molecule has 98 valence electrons. The fraction of sp³-hybridized carbons (Fsp3) is 0.467. The number of nitrogens with one attached hydrogen (secondary N) is 1. The number of ether oxygens (including phenoxy) is 1. The minimum absolute atomic E-state index is 0.0990. The van der Waals surface area contributed by atoms with Crippen molar-refractivity contribution in [3.8, 4) is 0 Å². The lowest BCUT2D eigenvalue weighted by molar-refractivity contribution is 0.114. The van der Waals surface area contributed by atoms with Crippen LogP contribution in [0.15, 0.2) is 42.7 Å². The molecule has 0 radical (unpaired) electrons. The lowest BCUT2D eigenvalue weighted by Crippen LogP contribution is -2.40. The van der Waals surface area contributed by atoms with Crippen LogP contribution in [0.25, 0.3) is 0 Å². The molecule has 0 aliphatic carbocycles. The summed E-state index contributed by atoms with van der Waals surface area (Å²) in [5.74, 6) is 0. The Hall–Kier alpha value is -1.32. The van der Waals surface area contributed by atoms with E-state index in [1.165, 1.54) is 5.56 Å². The normalized spacial score (nSPS) is 20.4. The van der Waals surface area contributed by atoms with Crippen molar-refractivity contribution in [2.24, 2.45) is 0 Å². The van der Waals surface area contributed by atoms with E-state index < -0.39 is 0 Å². The van der Waals surface area contributed by atoms with Gasteiger partial charge in [0.15, 0.2) is 0 Å². The number of rotatable bonds is 6. The molecule has 0 bridgehead atoms. The summed E-state index contributed by atoms with van der Waals surface area (Å²) in [6.07, 6.45) is 7.03. The van der Waals surface area contributed by atoms with Gasteiger partial charge in [0.1, 0.15) is 6.10 Å². The van der Waals surface area contributed by atoms with E-state index >= 15 is 0 Å². The molecule has 1 aromatic carbocycles. The Morgan fingerprint density at radius 2 is 2.17 bits per heavy atom. The molecule has 0 amide bonds. The maximum absolute atomic E-state index is 9.40. The number of aliphatic hydroxyl groups excluding tert-OH is 1. The highest BCUT2D eigenvalue weighted by Gasteiger charge is 2.14. The van der Waals surface area contributed by atoms with Crippen molar-refractivity contribution in [3.05, 3.63) is 48.2 Å². The Morgan fingerprint density at radius 3 is 2.83 bits per heavy atom. The van der Waals surface area contributed by atoms with E-state index in [2.05, 4.69) is 17.4 Å². The average molecular weight is 247 g/mol. The first kappa shape index (κ1) is 13.1. The van der Waals surface area contributed by atoms with Gasteiger partial charge in [0.2, 0.25) is 0 Å². The smallest absolute Gasteiger partial charge is 0.110 e. The Kier molecular flexibility index (Phi) is 5.24. The molecule has 18 heavy (non-hydrogen) atoms. The number of benzene rings is 1. The number of allylic oxidation sites excluding steroid dienone is 1. The molecule has 1 aliphatic rings. The summed E-state index contributed by atoms with van der Waals surface area (Å²) in [5, 5.41) is 12.8. The van der Waals surface area contributed by atoms with Crippen molar-refractivity contribution in [1.82, 2.24) is 5.32 Å². The second kappa shape index (κ2) is 7.19. The predicted molar refractivity (Wildman–Crippen MR) is 72.3 cm³/mol. The second-order valence-corrected chi connectivity index (χ2v) is 4.68. The van der Waals surface area contributed by atoms with Crippen molar-refractivity contribution >= 4 is 0 Å². The Bertz CT molecular complexity index is 364. The predicted octanol–water partition coefficient (Wildman–Crippen LogP) is 1.87. The van der Waals surface area contributed by atoms with Gasteiger partial charge in [0, 0.05) is 12.6 Å². The van der Waals surface area contributed by atoms with E-state index in [-0.39, 0.29) is 18.8 Å². The van der Waals surface area contributed by atoms with Crippen LogP contribution in [0.2, 0.25) is 0 Å². The van der Waals surface area contributed by atoms with E-state index in [1.54, 1.807) is 6.26 Å². The summed E-state index contributed by atoms with van der Waals surface area (Å²) < 4.78 is 5.50. The summed E-state index contributed by atoms with van der Waals surface area (Å²) in [6.45, 7) is 0.944. The first-order valence-corrected chi connectivity index (χ1v) is 6.57. The molecule has 3 heteroatoms. The molecule has 2 rings (SSSR count). The zero-order chi connectivity index (χ0) is 12.6. The van der Waals surface area contributed by atoms with E-state index in [4.69, 9.17) is 4.74 Å². The minimum atomic E-state index is 0.0990. The van der Waals surface area contributed by atoms with Crippen molar-refractivity contribution in [2.75, 3.05) is 13.2 Å². The highest BCUT2D eigenvalue weighted by Crippen LogP contribution is 2.10. The number of aliphatic hydroxyl groups is 1. The molecular weight excluding hydrogens is 226 g/mol. The van der Waals surface area contributed by atoms with Crippen LogP contribution >= 0.6 is 0 Å². The summed E-state index contributed by atoms with van der Waals surface area (Å²) in [6, 6.07) is 10.3. The first-order chi connectivity index (χ1) is 8.88. The number of hydrogen-bond acceptors (Lipinski definition) is 3. The van der Waals surface area contributed by atoms with E-state index in [0.29, 0.717) is 0 Å². The van der Waals surface area contributed by atoms with Crippen LogP contribution in [-0.4, -0.2) is 30.4 Å². The summed E-state index contributed by atoms with van der Waals surface area (Å²) in [5.41, 5.74) is 1.24. The lowest BCUT2D eigenvalue weighted by Gasteiger charge is -2.23. The SMILES string of the molecule is OC[C@@H](Cc1ccccc1)NCC1CCC=CO1. The van der Waals surface area contributed by atoms with Gasteiger partial charge in [-0.15, -0.1) is 0 Å². The van der Waals surface area contributed by atoms with Gasteiger partial charge in [-0.2, -0.15) is 0 Å². The van der Waals surface area contributed by atoms with Crippen molar-refractivity contribution in [1.29, 1.82) is 0 Å². The average Bonchev–Trinajstić information content (AvgIpc) is 2.45. The molecule has 2 N–H and O–H groups in total. The van der Waals surface area contributed by atoms with Crippen LogP contribution in [0, 0.1) is 0 Å². The standard InChI is InChI=1S/C15H21NO2/c17-12-14(10-13-6-2-1-3-7-13)16-11-15-8-4-5-9-18-15/h1-3,5-7,9,14-17H,4,8,10-12H2/t14-,15?/m1/s1. The van der Waals surface area contributed by atoms with Crippen LogP contribution in [-0.2, 0) is 11.2 Å². The van der Waals surface area contributed by atoms with Crippen LogP contribution < -0.4 is 5.32 Å². The van der Waals surface area contributed by atoms with Gasteiger partial charge >= 0.3 is 0 Å². The molecule has 2 atom stereocenters. The largest absolute Gasteiger partial charge is 0.497 e. The molecule has 1 aliphatic heterocycles. The molecule has 1 unspecified atom stereocenters. The lowest BCUT2D eigenvalue weighted by atomic mass is 10.1. The third-order valence-electron chi connectivity index (χ3n) is 3.20. The zero-order valence-corrected chi connectivity index (χ0v) is 10.6. The number of hydrogen-bond donors (Lipinski definition) is 2. The Morgan fingerprint density at radius 1 is 1.33 bits per heavy atom. The topological polar surface area (TPSA) is 41.5 Å². The van der Waals surface area contributed by atoms with E-state index in [1.807, 2.05) is 24.3 Å². The van der Waals surface area contributed by atoms with Crippen molar-refractivity contribution < 1.29 is 9.84 Å². The Balaban J connectivity index is 1.77. The summed E-state index contributed by atoms with van der Waals surface area (Å²) in [7, 11) is 0. The quantitative estimate of drug-likeness (QED) is 0.806. The van der Waals surface area contributed by atoms with E-state index in [9.17, 15) is 5.11 Å². The van der Waals surface area contributed by atoms with E-state index in [0.717, 1.165) is 25.8 Å². The van der Waals surface area contributed by atoms with Gasteiger partial charge in [-0.1, -0.05) is 30.3 Å². The van der Waals surface area contributed by atoms with Crippen molar-refractivity contribution in [2.45, 2.75) is 31.4 Å². The minimum Gasteiger partial charge on any atom is -0.497 e. The van der Waals surface area contributed by atoms with Gasteiger partial charge in [-0.05, 0) is 30.9 Å². The molecule has 0 spiro atoms. The molecule has 1 heterocycles. The Labute approximate surface area is 108 Å². The van der Waals surface area contributed by atoms with Gasteiger partial charge in [0.05, 0.1) is 12.9 Å². The van der Waals surface area contributed by atoms with Gasteiger partial charge in [-0.25, -0.2) is 0 Å². The molecule has 1 aromatic rings. The highest BCUT2D eigenvalue weighted by molar-refractivity contribution is 5.15. The molecule has 0 saturated carbocycles. The maximum Gasteiger partial charge on any atom is 0.110 e. The highest BCUT2D eigenvalue weighted by atomic mass is 16.5. The maximum atomic E-state index is 9.40. The van der Waals surface area contributed by atoms with Crippen LogP contribution in [0.3, 0.4) is 0 Å². The van der Waals surface area contributed by atoms with Gasteiger partial charge in [-0.3, -0.25) is 0 Å². The molecule has 3 nitrogen and oxygen atoms in total. The third kappa shape index (κ3) is 4.17. The molecular formula is C15H21NO2. The second-order valence-electron chi connectivity index (χ2n) is 4.68. The van der Waals surface area contributed by atoms with Crippen molar-refractivity contribution in [3.63, 3.8) is 0 Å². The third-order valence-corrected chi connectivity index (χ3v) is 3.20. The summed E-state index contributed by atoms with van der Waals surface area (Å²) >= 11 is 0. The molecule has 0 fully saturated rings. The first-order valence-electron chi connectivity index (χ1n) is 6.57. The molecule has 0 aromatic heterocycles. The molecule has 0 saturated heterocycles. The summed E-state index contributed by atoms with van der Waals surface area (Å²) in [4.78, 5) is 0. The van der Waals surface area contributed by atoms with Crippen LogP contribution in [0.4, 0.5) is 0 Å². The van der Waals surface area contributed by atoms with Crippen LogP contribution in [0.5, 0.6) is 0 Å². The fourth-order valence-corrected chi connectivity index (χ4v) is 2.13. The monoisotopic (exact) mass is 247 g/mol. The van der Waals surface area contributed by atoms with Gasteiger partial charge < -0.3 is 15.2 Å². The van der Waals surface area contributed by atoms with Gasteiger partial charge in [0.25, 0.3) is 0 Å². The zero-order valence-electron chi connectivity index (χ0n) is 10.6. The fourth-order valence-electron chi connectivity index (χ4n) is 2.13.